The van der Waals surface area contributed by atoms with Gasteiger partial charge in [-0.15, -0.1) is 0 Å². The molecule has 1 atom stereocenters. The van der Waals surface area contributed by atoms with Gasteiger partial charge in [0.25, 0.3) is 11.8 Å². The largest absolute Gasteiger partial charge is 0.433 e. The maximum atomic E-state index is 13.1. The molecular formula is C27H28F3N7O2. The highest BCUT2D eigenvalue weighted by atomic mass is 19.4. The number of hydrogen-bond donors (Lipinski definition) is 3. The Morgan fingerprint density at radius 3 is 2.23 bits per heavy atom. The van der Waals surface area contributed by atoms with Gasteiger partial charge in [-0.3, -0.25) is 14.5 Å². The average molecular weight is 540 g/mol. The zero-order valence-electron chi connectivity index (χ0n) is 21.3. The van der Waals surface area contributed by atoms with Crippen LogP contribution in [0.5, 0.6) is 0 Å². The number of halogens is 3. The third-order valence-corrected chi connectivity index (χ3v) is 5.54. The molecule has 12 heteroatoms. The van der Waals surface area contributed by atoms with Crippen LogP contribution in [0.25, 0.3) is 0 Å². The molecule has 9 nitrogen and oxygen atoms in total. The van der Waals surface area contributed by atoms with Crippen LogP contribution in [0.1, 0.15) is 36.6 Å². The molecule has 2 aromatic carbocycles. The number of para-hydroxylation sites is 2. The first kappa shape index (κ1) is 28.8. The van der Waals surface area contributed by atoms with Crippen molar-refractivity contribution in [1.82, 2.24) is 20.2 Å². The summed E-state index contributed by atoms with van der Waals surface area (Å²) >= 11 is 0. The van der Waals surface area contributed by atoms with Crippen molar-refractivity contribution in [2.75, 3.05) is 12.3 Å². The molecular weight excluding hydrogens is 511 g/mol. The van der Waals surface area contributed by atoms with Crippen LogP contribution in [0.15, 0.2) is 89.2 Å². The molecule has 3 aromatic rings. The number of alkyl halides is 3. The van der Waals surface area contributed by atoms with E-state index in [4.69, 9.17) is 11.5 Å². The summed E-state index contributed by atoms with van der Waals surface area (Å²) in [6, 6.07) is 18.1. The number of amides is 2. The molecule has 0 aliphatic carbocycles. The van der Waals surface area contributed by atoms with E-state index in [-0.39, 0.29) is 13.0 Å². The second-order valence-electron chi connectivity index (χ2n) is 8.42. The van der Waals surface area contributed by atoms with Crippen LogP contribution in [-0.2, 0) is 11.0 Å². The second-order valence-corrected chi connectivity index (χ2v) is 8.42. The quantitative estimate of drug-likeness (QED) is 0.427. The lowest BCUT2D eigenvalue weighted by Gasteiger charge is -2.35. The van der Waals surface area contributed by atoms with Crippen molar-refractivity contribution in [3.63, 3.8) is 0 Å². The van der Waals surface area contributed by atoms with Gasteiger partial charge in [-0.1, -0.05) is 36.4 Å². The van der Waals surface area contributed by atoms with E-state index in [0.717, 1.165) is 11.9 Å². The van der Waals surface area contributed by atoms with E-state index in [9.17, 15) is 22.8 Å². The molecule has 1 saturated heterocycles. The van der Waals surface area contributed by atoms with Crippen LogP contribution < -0.4 is 16.8 Å². The van der Waals surface area contributed by atoms with E-state index < -0.39 is 35.6 Å². The summed E-state index contributed by atoms with van der Waals surface area (Å²) < 4.78 is 38.7. The van der Waals surface area contributed by atoms with Gasteiger partial charge in [-0.2, -0.15) is 13.2 Å². The van der Waals surface area contributed by atoms with Crippen LogP contribution in [0.3, 0.4) is 0 Å². The predicted octanol–water partition coefficient (Wildman–Crippen LogP) is 4.08. The summed E-state index contributed by atoms with van der Waals surface area (Å²) in [6.07, 6.45) is -3.87. The van der Waals surface area contributed by atoms with Crippen LogP contribution in [0.4, 0.5) is 24.5 Å². The molecule has 1 unspecified atom stereocenters. The number of nitrogens with one attached hydrogen (secondary N) is 1. The number of aliphatic imine (C=N–C) groups is 1. The number of hydrogen-bond acceptors (Lipinski definition) is 7. The topological polar surface area (TPSA) is 140 Å². The van der Waals surface area contributed by atoms with Crippen molar-refractivity contribution in [2.45, 2.75) is 32.5 Å². The number of nitrogen functional groups attached to an aromatic ring is 1. The molecule has 0 bridgehead atoms. The molecule has 204 valence electrons. The standard InChI is InChI=1S/C21H21F3N6O2.C6H7N/c1-3-30-18(27-13-7-5-4-6-8-13)14(12(2)25)11-15(20(30)32)28-19(31)17-26-10-9-16(29-17)21(22,23)24;7-6-4-2-1-3-5-6/h4-10,15H,3,11,25H2,1-2H3,(H,28,31);1-5H,7H2/b14-12-,27-18?;. The zero-order chi connectivity index (χ0) is 28.6. The van der Waals surface area contributed by atoms with Gasteiger partial charge >= 0.3 is 6.18 Å². The summed E-state index contributed by atoms with van der Waals surface area (Å²) in [5.74, 6) is -1.78. The van der Waals surface area contributed by atoms with Gasteiger partial charge in [-0.05, 0) is 44.2 Å². The molecule has 39 heavy (non-hydrogen) atoms. The van der Waals surface area contributed by atoms with Crippen molar-refractivity contribution in [3.8, 4) is 0 Å². The minimum Gasteiger partial charge on any atom is -0.402 e. The molecule has 1 aliphatic rings. The number of nitrogens with zero attached hydrogens (tertiary/aromatic N) is 4. The first-order valence-electron chi connectivity index (χ1n) is 11.9. The minimum absolute atomic E-state index is 0.0219. The van der Waals surface area contributed by atoms with Gasteiger partial charge in [-0.25, -0.2) is 15.0 Å². The maximum Gasteiger partial charge on any atom is 0.433 e. The smallest absolute Gasteiger partial charge is 0.402 e. The molecule has 2 heterocycles. The third-order valence-electron chi connectivity index (χ3n) is 5.54. The summed E-state index contributed by atoms with van der Waals surface area (Å²) in [5.41, 5.74) is 12.5. The Balaban J connectivity index is 0.000000520. The number of piperidine rings is 1. The molecule has 1 aliphatic heterocycles. The normalized spacial score (nSPS) is 17.8. The monoisotopic (exact) mass is 539 g/mol. The lowest BCUT2D eigenvalue weighted by Crippen LogP contribution is -2.55. The summed E-state index contributed by atoms with van der Waals surface area (Å²) in [4.78, 5) is 38.4. The highest BCUT2D eigenvalue weighted by Gasteiger charge is 2.38. The summed E-state index contributed by atoms with van der Waals surface area (Å²) in [6.45, 7) is 3.63. The van der Waals surface area contributed by atoms with E-state index in [1.807, 2.05) is 36.4 Å². The zero-order valence-corrected chi connectivity index (χ0v) is 21.3. The van der Waals surface area contributed by atoms with Crippen LogP contribution in [-0.4, -0.2) is 45.1 Å². The van der Waals surface area contributed by atoms with Crippen molar-refractivity contribution >= 4 is 29.0 Å². The van der Waals surface area contributed by atoms with Crippen molar-refractivity contribution in [3.05, 3.63) is 95.7 Å². The maximum absolute atomic E-state index is 13.1. The van der Waals surface area contributed by atoms with E-state index >= 15 is 0 Å². The second kappa shape index (κ2) is 12.7. The number of amidine groups is 1. The Labute approximate surface area is 223 Å². The SMILES string of the molecule is CCN1C(=O)C(NC(=O)c2nccc(C(F)(F)F)n2)C/C(=C(\C)N)C1=Nc1ccccc1.Nc1ccccc1. The Hall–Kier alpha value is -4.74. The first-order chi connectivity index (χ1) is 18.5. The number of anilines is 1. The van der Waals surface area contributed by atoms with E-state index in [0.29, 0.717) is 28.9 Å². The summed E-state index contributed by atoms with van der Waals surface area (Å²) in [7, 11) is 0. The number of rotatable bonds is 4. The molecule has 1 aromatic heterocycles. The first-order valence-corrected chi connectivity index (χ1v) is 11.9. The minimum atomic E-state index is -4.73. The van der Waals surface area contributed by atoms with Crippen LogP contribution >= 0.6 is 0 Å². The Kier molecular flexibility index (Phi) is 9.37. The van der Waals surface area contributed by atoms with Gasteiger partial charge < -0.3 is 16.8 Å². The Morgan fingerprint density at radius 2 is 1.72 bits per heavy atom. The van der Waals surface area contributed by atoms with Gasteiger partial charge in [0.2, 0.25) is 5.82 Å². The van der Waals surface area contributed by atoms with Crippen molar-refractivity contribution < 1.29 is 22.8 Å². The van der Waals surface area contributed by atoms with E-state index in [1.165, 1.54) is 4.90 Å². The van der Waals surface area contributed by atoms with E-state index in [1.54, 1.807) is 38.1 Å². The average Bonchev–Trinajstić information content (AvgIpc) is 2.91. The Morgan fingerprint density at radius 1 is 1.10 bits per heavy atom. The van der Waals surface area contributed by atoms with Crippen LogP contribution in [0.2, 0.25) is 0 Å². The number of carbonyl (C=O) groups excluding carboxylic acids is 2. The van der Waals surface area contributed by atoms with Gasteiger partial charge in [0.05, 0.1) is 5.69 Å². The molecule has 0 saturated carbocycles. The molecule has 5 N–H and O–H groups in total. The van der Waals surface area contributed by atoms with Crippen molar-refractivity contribution in [2.24, 2.45) is 10.7 Å². The number of likely N-dealkylation sites (tertiary alicyclic amines) is 1. The molecule has 0 radical (unpaired) electrons. The molecule has 2 amide bonds. The number of likely N-dealkylation sites (N-methyl/N-ethyl adjacent to an activating group) is 1. The lowest BCUT2D eigenvalue weighted by molar-refractivity contribution is -0.141. The number of allylic oxidation sites excluding steroid dienone is 1. The van der Waals surface area contributed by atoms with Gasteiger partial charge in [0, 0.05) is 36.1 Å². The molecule has 1 fully saturated rings. The number of nitrogens with two attached hydrogens (primary N) is 2. The van der Waals surface area contributed by atoms with E-state index in [2.05, 4.69) is 20.3 Å². The Bertz CT molecular complexity index is 1360. The molecule has 4 rings (SSSR count). The highest BCUT2D eigenvalue weighted by molar-refractivity contribution is 6.14. The van der Waals surface area contributed by atoms with Crippen molar-refractivity contribution in [1.29, 1.82) is 0 Å². The number of carbonyl (C=O) groups is 2. The highest BCUT2D eigenvalue weighted by Crippen LogP contribution is 2.27. The summed E-state index contributed by atoms with van der Waals surface area (Å²) in [5, 5.41) is 2.43. The number of benzene rings is 2. The molecule has 0 spiro atoms. The fourth-order valence-electron chi connectivity index (χ4n) is 3.65. The predicted molar refractivity (Wildman–Crippen MR) is 142 cm³/mol. The lowest BCUT2D eigenvalue weighted by atomic mass is 9.96. The number of aromatic nitrogens is 2. The third kappa shape index (κ3) is 7.63. The van der Waals surface area contributed by atoms with Gasteiger partial charge in [0.1, 0.15) is 17.6 Å². The van der Waals surface area contributed by atoms with Crippen LogP contribution in [0, 0.1) is 0 Å². The fraction of sp³-hybridized carbons (Fsp3) is 0.222. The fourth-order valence-corrected chi connectivity index (χ4v) is 3.65. The van der Waals surface area contributed by atoms with Gasteiger partial charge in [0.15, 0.2) is 0 Å².